The number of nitrogens with one attached hydrogen (secondary N) is 2. The van der Waals surface area contributed by atoms with E-state index in [2.05, 4.69) is 37.6 Å². The van der Waals surface area contributed by atoms with Gasteiger partial charge in [0.15, 0.2) is 10.9 Å². The van der Waals surface area contributed by atoms with Gasteiger partial charge in [-0.1, -0.05) is 130 Å². The van der Waals surface area contributed by atoms with Crippen LogP contribution in [0.15, 0.2) is 167 Å². The van der Waals surface area contributed by atoms with E-state index in [1.165, 1.54) is 0 Å². The molecule has 444 valence electrons. The molecule has 23 heteroatoms. The van der Waals surface area contributed by atoms with Crippen molar-refractivity contribution in [3.05, 3.63) is 233 Å². The van der Waals surface area contributed by atoms with E-state index < -0.39 is 11.9 Å². The fourth-order valence-electron chi connectivity index (χ4n) is 7.96. The zero-order chi connectivity index (χ0) is 61.8. The number of nitrogen functional groups attached to an aromatic ring is 1. The third-order valence-corrected chi connectivity index (χ3v) is 16.8. The van der Waals surface area contributed by atoms with Crippen molar-refractivity contribution >= 4 is 199 Å². The van der Waals surface area contributed by atoms with E-state index in [-0.39, 0.29) is 69.9 Å². The maximum absolute atomic E-state index is 12.7. The van der Waals surface area contributed by atoms with Crippen molar-refractivity contribution in [3.8, 4) is 0 Å². The number of aromatic amines is 1. The smallest absolute Gasteiger partial charge is 0.870 e. The summed E-state index contributed by atoms with van der Waals surface area (Å²) in [6.45, 7) is 10.1. The van der Waals surface area contributed by atoms with Crippen LogP contribution in [0.4, 0.5) is 17.1 Å². The minimum atomic E-state index is -0.963. The number of rotatable bonds is 9. The molecule has 0 saturated heterocycles. The molecule has 7 N–H and O–H groups in total. The maximum atomic E-state index is 12.7. The number of carbonyl (C=O) groups excluding carboxylic acids is 2. The van der Waals surface area contributed by atoms with Crippen LogP contribution in [0, 0.1) is 27.9 Å². The first-order valence-corrected chi connectivity index (χ1v) is 30.5. The van der Waals surface area contributed by atoms with Crippen LogP contribution in [0.3, 0.4) is 0 Å². The SMILES string of the molecule is CCOC(=O)CI.CCOC(=O)Cn1c2ccccc2c(=O)c2ccc(Cl)c(C)c21.Cc1c(Cl)ccc2c(=O)c3ccccc3[nH]c12.Cc1c(N)cccc1Cl.O=C(O)c1ccccc1I.O=C(O)c1ccccc1Nc1cccc(Cl)c1I.[Na+].[OH-]. The zero-order valence-electron chi connectivity index (χ0n) is 47.1. The van der Waals surface area contributed by atoms with Crippen LogP contribution in [0.2, 0.25) is 20.1 Å². The van der Waals surface area contributed by atoms with Gasteiger partial charge < -0.3 is 45.8 Å². The van der Waals surface area contributed by atoms with Gasteiger partial charge in [0.2, 0.25) is 0 Å². The number of aryl methyl sites for hydroxylation is 2. The Hall–Kier alpha value is -5.51. The number of aromatic carboxylic acids is 2. The average molecular weight is 1590 g/mol. The fraction of sp³-hybridized carbons (Fsp3) is 0.143. The molecule has 0 spiro atoms. The molecular weight excluding hydrogens is 1530 g/mol. The van der Waals surface area contributed by atoms with Gasteiger partial charge in [-0.25, -0.2) is 9.59 Å². The summed E-state index contributed by atoms with van der Waals surface area (Å²) in [6.07, 6.45) is 0. The Balaban J connectivity index is 0.000000281. The van der Waals surface area contributed by atoms with Crippen molar-refractivity contribution in [2.45, 2.75) is 41.2 Å². The van der Waals surface area contributed by atoms with E-state index in [4.69, 9.17) is 67.1 Å². The first-order chi connectivity index (χ1) is 40.1. The van der Waals surface area contributed by atoms with Crippen molar-refractivity contribution in [2.24, 2.45) is 0 Å². The Morgan fingerprint density at radius 2 is 1.07 bits per heavy atom. The predicted molar refractivity (Wildman–Crippen MR) is 369 cm³/mol. The number of H-pyrrole nitrogens is 1. The molecule has 2 heterocycles. The second kappa shape index (κ2) is 36.7. The molecule has 8 aromatic carbocycles. The standard InChI is InChI=1S/C18H16ClNO3.C14H10ClNO.C13H9ClINO2.C7H8ClN.C7H5IO2.C4H7IO2.Na.H2O/c1-3-23-16(21)10-20-15-7-5-4-6-12(15)18(22)13-8-9-14(19)11(2)17(13)20;1-8-11(15)7-6-10-13(8)16-12-5-3-2-4-9(12)14(10)17;14-9-5-3-7-11(12(9)15)16-10-6-2-1-4-8(10)13(17)18;1-5-6(8)3-2-4-7(5)9;8-6-4-2-1-3-5(6)7(9)10;1-2-7-4(6)3-5;;/h4-9H,3,10H2,1-2H3;2-7H,1H3,(H,16,17);1-7,16H,(H,17,18);2-4H,9H2,1H3;1-4H,(H,9,10);2-3H2,1H3;;1H2/q;;;;;;+1;/p-1. The normalized spacial score (nSPS) is 10.0. The average Bonchev–Trinajstić information content (AvgIpc) is 0.852. The first-order valence-electron chi connectivity index (χ1n) is 25.4. The number of ether oxygens (including phenoxy) is 2. The molecular formula is C63H56Cl4I3N4NaO11. The Labute approximate surface area is 578 Å². The first kappa shape index (κ1) is 74.7. The molecule has 15 nitrogen and oxygen atoms in total. The number of hydrogen-bond donors (Lipinski definition) is 5. The number of aromatic nitrogens is 2. The molecule has 0 amide bonds. The van der Waals surface area contributed by atoms with E-state index in [9.17, 15) is 28.8 Å². The number of nitrogens with zero attached hydrogens (tertiary/aromatic N) is 1. The number of anilines is 3. The third-order valence-electron chi connectivity index (χ3n) is 12.2. The number of benzene rings is 8. The number of para-hydroxylation sites is 3. The quantitative estimate of drug-likeness (QED) is 0.0225. The van der Waals surface area contributed by atoms with Crippen molar-refractivity contribution in [1.29, 1.82) is 0 Å². The van der Waals surface area contributed by atoms with Crippen LogP contribution in [0.1, 0.15) is 51.3 Å². The maximum Gasteiger partial charge on any atom is 1.00 e. The summed E-state index contributed by atoms with van der Waals surface area (Å²) in [6, 6.07) is 46.3. The number of carboxylic acid groups (broad SMARTS) is 2. The summed E-state index contributed by atoms with van der Waals surface area (Å²) in [7, 11) is 0. The van der Waals surface area contributed by atoms with Crippen molar-refractivity contribution < 1.29 is 73.9 Å². The Morgan fingerprint density at radius 1 is 0.570 bits per heavy atom. The van der Waals surface area contributed by atoms with Gasteiger partial charge in [-0.2, -0.15) is 0 Å². The minimum absolute atomic E-state index is 0. The second-order valence-corrected chi connectivity index (χ2v) is 22.3. The van der Waals surface area contributed by atoms with E-state index in [0.29, 0.717) is 76.5 Å². The molecule has 0 atom stereocenters. The van der Waals surface area contributed by atoms with Crippen LogP contribution in [-0.4, -0.2) is 66.8 Å². The summed E-state index contributed by atoms with van der Waals surface area (Å²) < 4.78 is 13.5. The number of hydrogen-bond acceptors (Lipinski definition) is 11. The summed E-state index contributed by atoms with van der Waals surface area (Å²) in [5, 5.41) is 25.9. The summed E-state index contributed by atoms with van der Waals surface area (Å²) in [5.41, 5.74) is 13.9. The topological polar surface area (TPSA) is 250 Å². The zero-order valence-corrected chi connectivity index (χ0v) is 58.6. The van der Waals surface area contributed by atoms with Gasteiger partial charge in [0.05, 0.1) is 65.3 Å². The van der Waals surface area contributed by atoms with Gasteiger partial charge in [0.25, 0.3) is 0 Å². The minimum Gasteiger partial charge on any atom is -0.870 e. The van der Waals surface area contributed by atoms with Gasteiger partial charge in [0, 0.05) is 51.4 Å². The van der Waals surface area contributed by atoms with E-state index in [1.807, 2.05) is 149 Å². The number of esters is 2. The monoisotopic (exact) mass is 1590 g/mol. The molecule has 0 unspecified atom stereocenters. The molecule has 0 aliphatic rings. The Kier molecular flexibility index (Phi) is 31.9. The van der Waals surface area contributed by atoms with Crippen LogP contribution in [0.25, 0.3) is 43.6 Å². The molecule has 0 bridgehead atoms. The number of nitrogens with two attached hydrogens (primary N) is 1. The Morgan fingerprint density at radius 3 is 1.65 bits per heavy atom. The van der Waals surface area contributed by atoms with Crippen LogP contribution < -0.4 is 51.5 Å². The molecule has 0 fully saturated rings. The summed E-state index contributed by atoms with van der Waals surface area (Å²) in [4.78, 5) is 72.0. The van der Waals surface area contributed by atoms with Gasteiger partial charge in [-0.3, -0.25) is 19.2 Å². The second-order valence-electron chi connectivity index (χ2n) is 17.7. The van der Waals surface area contributed by atoms with Crippen molar-refractivity contribution in [2.75, 3.05) is 28.7 Å². The molecule has 0 aliphatic carbocycles. The van der Waals surface area contributed by atoms with Crippen LogP contribution in [0.5, 0.6) is 0 Å². The third kappa shape index (κ3) is 20.3. The van der Waals surface area contributed by atoms with Crippen molar-refractivity contribution in [3.63, 3.8) is 0 Å². The van der Waals surface area contributed by atoms with E-state index >= 15 is 0 Å². The molecule has 0 radical (unpaired) electrons. The number of halogens is 7. The predicted octanol–water partition coefficient (Wildman–Crippen LogP) is 13.7. The largest absolute Gasteiger partial charge is 1.00 e. The van der Waals surface area contributed by atoms with Gasteiger partial charge in [-0.15, -0.1) is 0 Å². The summed E-state index contributed by atoms with van der Waals surface area (Å²) >= 11 is 30.1. The molecule has 10 aromatic rings. The molecule has 2 aromatic heterocycles. The molecule has 0 saturated carbocycles. The van der Waals surface area contributed by atoms with E-state index in [0.717, 1.165) is 51.3 Å². The molecule has 86 heavy (non-hydrogen) atoms. The Bertz CT molecular complexity index is 4130. The number of fused-ring (bicyclic) bond motifs is 4. The number of carbonyl (C=O) groups is 4. The summed E-state index contributed by atoms with van der Waals surface area (Å²) in [5.74, 6) is -2.31. The van der Waals surface area contributed by atoms with Gasteiger partial charge >= 0.3 is 53.4 Å². The molecule has 10 rings (SSSR count). The van der Waals surface area contributed by atoms with Gasteiger partial charge in [-0.05, 0) is 194 Å². The molecule has 0 aliphatic heterocycles. The number of pyridine rings is 2. The van der Waals surface area contributed by atoms with Crippen LogP contribution >= 0.6 is 114 Å². The number of alkyl halides is 1. The van der Waals surface area contributed by atoms with Crippen LogP contribution in [-0.2, 0) is 25.6 Å². The number of carboxylic acids is 2. The van der Waals surface area contributed by atoms with Crippen molar-refractivity contribution in [1.82, 2.24) is 9.55 Å². The van der Waals surface area contributed by atoms with Gasteiger partial charge in [0.1, 0.15) is 6.54 Å². The fourth-order valence-corrected chi connectivity index (χ4v) is 9.96. The van der Waals surface area contributed by atoms with E-state index in [1.54, 1.807) is 92.7 Å².